The van der Waals surface area contributed by atoms with E-state index in [-0.39, 0.29) is 0 Å². The monoisotopic (exact) mass is 396 g/mol. The summed E-state index contributed by atoms with van der Waals surface area (Å²) >= 11 is -1.70. The molecule has 126 valence electrons. The van der Waals surface area contributed by atoms with Crippen LogP contribution in [0.4, 0.5) is 13.2 Å². The van der Waals surface area contributed by atoms with E-state index >= 15 is 0 Å². The van der Waals surface area contributed by atoms with Crippen molar-refractivity contribution in [2.45, 2.75) is 0 Å². The molecule has 3 aromatic carbocycles. The standard InChI is InChI=1S/C18H12F3OSi.O.V/c19-13-1-7-16(8-2-13)23(22,17-9-3-14(20)4-10-17)18-11-5-15(21)6-12-18;;/h1-12H;;/q-1;;+1. The zero-order valence-electron chi connectivity index (χ0n) is 12.8. The van der Waals surface area contributed by atoms with Crippen LogP contribution in [0.25, 0.3) is 0 Å². The molecule has 0 saturated heterocycles. The molecule has 0 N–H and O–H groups in total. The van der Waals surface area contributed by atoms with Gasteiger partial charge >= 0.3 is 151 Å². The maximum absolute atomic E-state index is 13.4. The van der Waals surface area contributed by atoms with Crippen molar-refractivity contribution in [2.24, 2.45) is 0 Å². The van der Waals surface area contributed by atoms with Gasteiger partial charge in [-0.1, -0.05) is 0 Å². The van der Waals surface area contributed by atoms with Crippen LogP contribution in [-0.2, 0) is 23.6 Å². The average molecular weight is 396 g/mol. The second-order valence-corrected chi connectivity index (χ2v) is 9.73. The summed E-state index contributed by atoms with van der Waals surface area (Å²) in [6, 6.07) is 17.1. The van der Waals surface area contributed by atoms with E-state index in [9.17, 15) is 16.8 Å². The minimum atomic E-state index is -3.26. The van der Waals surface area contributed by atoms with E-state index in [1.54, 1.807) is 36.4 Å². The van der Waals surface area contributed by atoms with Gasteiger partial charge in [0.2, 0.25) is 0 Å². The van der Waals surface area contributed by atoms with Crippen molar-refractivity contribution in [1.82, 2.24) is 0 Å². The van der Waals surface area contributed by atoms with E-state index < -0.39 is 42.4 Å². The van der Waals surface area contributed by atoms with Crippen LogP contribution in [0.2, 0.25) is 0 Å². The molecule has 0 fully saturated rings. The van der Waals surface area contributed by atoms with Gasteiger partial charge in [-0.15, -0.1) is 0 Å². The Morgan fingerprint density at radius 1 is 0.600 bits per heavy atom. The van der Waals surface area contributed by atoms with Gasteiger partial charge in [0, 0.05) is 0 Å². The van der Waals surface area contributed by atoms with E-state index in [0.717, 1.165) is 0 Å². The molecule has 0 spiro atoms. The zero-order valence-corrected chi connectivity index (χ0v) is 15.2. The van der Waals surface area contributed by atoms with Crippen LogP contribution in [0.1, 0.15) is 0 Å². The van der Waals surface area contributed by atoms with Crippen LogP contribution in [0.3, 0.4) is 0 Å². The molecule has 0 amide bonds. The third kappa shape index (κ3) is 3.52. The molecule has 0 bridgehead atoms. The first-order valence-corrected chi connectivity index (χ1v) is 10.4. The molecule has 0 atom stereocenters. The molecule has 0 aliphatic heterocycles. The number of benzene rings is 3. The molecule has 0 radical (unpaired) electrons. The fourth-order valence-corrected chi connectivity index (χ4v) is 8.11. The Hall–Kier alpha value is -1.99. The van der Waals surface area contributed by atoms with Crippen LogP contribution in [0, 0.1) is 17.5 Å². The Balaban J connectivity index is 2.30. The van der Waals surface area contributed by atoms with Crippen LogP contribution in [0.5, 0.6) is 0 Å². The Bertz CT molecular complexity index is 757. The van der Waals surface area contributed by atoms with Crippen molar-refractivity contribution in [3.8, 4) is 0 Å². The van der Waals surface area contributed by atoms with Crippen LogP contribution in [0.15, 0.2) is 72.8 Å². The SMILES string of the molecule is [O]=[V][O][Si](c1ccc(F)cc1)(c1ccc(F)cc1)c1ccc(F)cc1. The molecular weight excluding hydrogens is 384 g/mol. The predicted octanol–water partition coefficient (Wildman–Crippen LogP) is 2.43. The molecule has 7 heteroatoms. The van der Waals surface area contributed by atoms with Gasteiger partial charge in [0.05, 0.1) is 0 Å². The Kier molecular flexibility index (Phi) is 5.34. The predicted molar refractivity (Wildman–Crippen MR) is 85.6 cm³/mol. The molecule has 3 rings (SSSR count). The normalized spacial score (nSPS) is 11.3. The fourth-order valence-electron chi connectivity index (χ4n) is 2.77. The zero-order chi connectivity index (χ0) is 17.9. The number of halogens is 3. The van der Waals surface area contributed by atoms with Gasteiger partial charge in [-0.3, -0.25) is 0 Å². The van der Waals surface area contributed by atoms with Crippen molar-refractivity contribution in [2.75, 3.05) is 0 Å². The summed E-state index contributed by atoms with van der Waals surface area (Å²) in [7, 11) is -3.26. The quantitative estimate of drug-likeness (QED) is 0.489. The molecule has 0 aliphatic rings. The second-order valence-electron chi connectivity index (χ2n) is 5.37. The molecule has 25 heavy (non-hydrogen) atoms. The summed E-state index contributed by atoms with van der Waals surface area (Å²) in [5, 5.41) is 1.91. The Labute approximate surface area is 151 Å². The summed E-state index contributed by atoms with van der Waals surface area (Å²) in [6.45, 7) is 0. The molecule has 0 heterocycles. The van der Waals surface area contributed by atoms with Gasteiger partial charge in [-0.05, 0) is 0 Å². The first-order valence-electron chi connectivity index (χ1n) is 7.35. The molecule has 0 saturated carbocycles. The van der Waals surface area contributed by atoms with E-state index in [0.29, 0.717) is 15.6 Å². The van der Waals surface area contributed by atoms with E-state index in [1.807, 2.05) is 0 Å². The Morgan fingerprint density at radius 2 is 0.880 bits per heavy atom. The topological polar surface area (TPSA) is 26.3 Å². The van der Waals surface area contributed by atoms with Gasteiger partial charge in [0.25, 0.3) is 0 Å². The molecule has 0 unspecified atom stereocenters. The van der Waals surface area contributed by atoms with Crippen molar-refractivity contribution in [3.05, 3.63) is 90.2 Å². The van der Waals surface area contributed by atoms with E-state index in [4.69, 9.17) is 3.35 Å². The fraction of sp³-hybridized carbons (Fsp3) is 0. The van der Waals surface area contributed by atoms with Crippen molar-refractivity contribution in [1.29, 1.82) is 0 Å². The summed E-state index contributed by atoms with van der Waals surface area (Å²) in [6.07, 6.45) is 0. The third-order valence-corrected chi connectivity index (χ3v) is 9.35. The van der Waals surface area contributed by atoms with Crippen LogP contribution < -0.4 is 15.6 Å². The van der Waals surface area contributed by atoms with Crippen molar-refractivity contribution < 1.29 is 36.8 Å². The van der Waals surface area contributed by atoms with Gasteiger partial charge in [-0.25, -0.2) is 0 Å². The van der Waals surface area contributed by atoms with E-state index in [1.165, 1.54) is 36.4 Å². The number of hydrogen-bond acceptors (Lipinski definition) is 2. The minimum absolute atomic E-state index is 0.416. The van der Waals surface area contributed by atoms with Crippen LogP contribution in [-0.4, -0.2) is 8.32 Å². The Morgan fingerprint density at radius 3 is 1.12 bits per heavy atom. The molecule has 0 aromatic heterocycles. The summed E-state index contributed by atoms with van der Waals surface area (Å²) in [5.41, 5.74) is 0. The van der Waals surface area contributed by atoms with Gasteiger partial charge in [-0.2, -0.15) is 0 Å². The molecular formula is C18H12F3O2SiV. The molecule has 0 aliphatic carbocycles. The van der Waals surface area contributed by atoms with Crippen LogP contribution >= 0.6 is 0 Å². The summed E-state index contributed by atoms with van der Waals surface area (Å²) in [4.78, 5) is 0. The first-order chi connectivity index (χ1) is 12.1. The summed E-state index contributed by atoms with van der Waals surface area (Å²) < 4.78 is 57.5. The van der Waals surface area contributed by atoms with E-state index in [2.05, 4.69) is 0 Å². The third-order valence-electron chi connectivity index (χ3n) is 3.93. The maximum atomic E-state index is 13.4. The average Bonchev–Trinajstić information content (AvgIpc) is 2.62. The first kappa shape index (κ1) is 17.8. The second kappa shape index (κ2) is 7.49. The van der Waals surface area contributed by atoms with Gasteiger partial charge < -0.3 is 0 Å². The molecule has 2 nitrogen and oxygen atoms in total. The number of rotatable bonds is 5. The number of hydrogen-bond donors (Lipinski definition) is 0. The van der Waals surface area contributed by atoms with Gasteiger partial charge in [0.15, 0.2) is 0 Å². The molecule has 3 aromatic rings. The van der Waals surface area contributed by atoms with Crippen molar-refractivity contribution >= 4 is 23.9 Å². The summed E-state index contributed by atoms with van der Waals surface area (Å²) in [5.74, 6) is -1.25. The van der Waals surface area contributed by atoms with Gasteiger partial charge in [0.1, 0.15) is 0 Å². The van der Waals surface area contributed by atoms with Crippen molar-refractivity contribution in [3.63, 3.8) is 0 Å².